The molecule has 0 aromatic rings. The van der Waals surface area contributed by atoms with Crippen LogP contribution in [0.2, 0.25) is 0 Å². The molecule has 2 N–H and O–H groups in total. The third-order valence-electron chi connectivity index (χ3n) is 0.697. The molecule has 0 rings (SSSR count). The van der Waals surface area contributed by atoms with Gasteiger partial charge in [0.05, 0.1) is 0 Å². The summed E-state index contributed by atoms with van der Waals surface area (Å²) >= 11 is 0. The minimum atomic E-state index is -1.26. The Kier molecular flexibility index (Phi) is 10.7. The SMILES string of the molecule is C=CC=CC.O=C(O)/C=C\C(=O)O. The van der Waals surface area contributed by atoms with Crippen LogP contribution in [0.4, 0.5) is 0 Å². The fourth-order valence-electron chi connectivity index (χ4n) is 0.279. The lowest BCUT2D eigenvalue weighted by Gasteiger charge is -1.74. The molecule has 0 saturated heterocycles. The summed E-state index contributed by atoms with van der Waals surface area (Å²) in [6.45, 7) is 5.42. The van der Waals surface area contributed by atoms with Crippen LogP contribution in [0.15, 0.2) is 37.0 Å². The van der Waals surface area contributed by atoms with Gasteiger partial charge in [0.1, 0.15) is 0 Å². The van der Waals surface area contributed by atoms with Crippen LogP contribution >= 0.6 is 0 Å². The van der Waals surface area contributed by atoms with Crippen molar-refractivity contribution in [2.45, 2.75) is 6.92 Å². The first-order valence-electron chi connectivity index (χ1n) is 3.42. The number of hydrogen-bond acceptors (Lipinski definition) is 2. The molecule has 0 aliphatic rings. The Morgan fingerprint density at radius 1 is 1.15 bits per heavy atom. The summed E-state index contributed by atoms with van der Waals surface area (Å²) in [6, 6.07) is 0. The van der Waals surface area contributed by atoms with Gasteiger partial charge in [0.25, 0.3) is 0 Å². The number of rotatable bonds is 3. The Bertz CT molecular complexity index is 210. The van der Waals surface area contributed by atoms with Gasteiger partial charge in [-0.15, -0.1) is 0 Å². The number of hydrogen-bond donors (Lipinski definition) is 2. The van der Waals surface area contributed by atoms with Crippen LogP contribution in [0.1, 0.15) is 6.92 Å². The van der Waals surface area contributed by atoms with Gasteiger partial charge in [0, 0.05) is 12.2 Å². The summed E-state index contributed by atoms with van der Waals surface area (Å²) in [5.74, 6) is -2.51. The Morgan fingerprint density at radius 2 is 1.54 bits per heavy atom. The molecule has 0 aromatic carbocycles. The van der Waals surface area contributed by atoms with Crippen LogP contribution in [0.5, 0.6) is 0 Å². The van der Waals surface area contributed by atoms with E-state index in [0.29, 0.717) is 12.2 Å². The van der Waals surface area contributed by atoms with Crippen LogP contribution in [-0.2, 0) is 9.59 Å². The largest absolute Gasteiger partial charge is 0.478 e. The standard InChI is InChI=1S/C5H8.C4H4O4/c1-3-5-4-2;5-3(6)1-2-4(7)8/h3-5H,1H2,2H3;1-2H,(H,5,6)(H,7,8)/b;2-1-. The average molecular weight is 184 g/mol. The zero-order valence-electron chi connectivity index (χ0n) is 7.30. The summed E-state index contributed by atoms with van der Waals surface area (Å²) in [6.07, 6.45) is 6.69. The molecule has 0 aliphatic heterocycles. The zero-order chi connectivity index (χ0) is 10.7. The fourth-order valence-corrected chi connectivity index (χ4v) is 0.279. The highest BCUT2D eigenvalue weighted by molar-refractivity contribution is 5.89. The Hall–Kier alpha value is -1.84. The van der Waals surface area contributed by atoms with Crippen molar-refractivity contribution >= 4 is 11.9 Å². The summed E-state index contributed by atoms with van der Waals surface area (Å²) < 4.78 is 0. The van der Waals surface area contributed by atoms with E-state index in [1.807, 2.05) is 19.1 Å². The van der Waals surface area contributed by atoms with Crippen molar-refractivity contribution in [2.24, 2.45) is 0 Å². The van der Waals surface area contributed by atoms with Gasteiger partial charge in [-0.25, -0.2) is 9.59 Å². The second kappa shape index (κ2) is 10.2. The smallest absolute Gasteiger partial charge is 0.328 e. The molecule has 0 aliphatic carbocycles. The van der Waals surface area contributed by atoms with Gasteiger partial charge in [-0.1, -0.05) is 24.8 Å². The number of carboxylic acid groups (broad SMARTS) is 2. The van der Waals surface area contributed by atoms with Crippen LogP contribution < -0.4 is 0 Å². The van der Waals surface area contributed by atoms with Gasteiger partial charge in [-0.2, -0.15) is 0 Å². The zero-order valence-corrected chi connectivity index (χ0v) is 7.30. The third kappa shape index (κ3) is 25.4. The first kappa shape index (κ1) is 13.7. The van der Waals surface area contributed by atoms with Crippen LogP contribution in [0.25, 0.3) is 0 Å². The van der Waals surface area contributed by atoms with Crippen molar-refractivity contribution in [1.82, 2.24) is 0 Å². The minimum absolute atomic E-state index is 0.558. The molecule has 0 heterocycles. The monoisotopic (exact) mass is 184 g/mol. The van der Waals surface area contributed by atoms with E-state index in [1.165, 1.54) is 0 Å². The average Bonchev–Trinajstić information content (AvgIpc) is 2.03. The maximum atomic E-state index is 9.55. The molecular weight excluding hydrogens is 172 g/mol. The van der Waals surface area contributed by atoms with E-state index in [9.17, 15) is 9.59 Å². The van der Waals surface area contributed by atoms with Crippen LogP contribution in [0, 0.1) is 0 Å². The molecule has 0 bridgehead atoms. The van der Waals surface area contributed by atoms with Gasteiger partial charge in [-0.3, -0.25) is 0 Å². The van der Waals surface area contributed by atoms with Crippen molar-refractivity contribution in [3.05, 3.63) is 37.0 Å². The van der Waals surface area contributed by atoms with Crippen molar-refractivity contribution in [3.8, 4) is 0 Å². The maximum absolute atomic E-state index is 9.55. The molecule has 0 atom stereocenters. The fraction of sp³-hybridized carbons (Fsp3) is 0.111. The minimum Gasteiger partial charge on any atom is -0.478 e. The number of allylic oxidation sites excluding steroid dienone is 3. The predicted molar refractivity (Wildman–Crippen MR) is 49.4 cm³/mol. The lowest BCUT2D eigenvalue weighted by molar-refractivity contribution is -0.134. The summed E-state index contributed by atoms with van der Waals surface area (Å²) in [4.78, 5) is 19.1. The van der Waals surface area contributed by atoms with Crippen molar-refractivity contribution in [2.75, 3.05) is 0 Å². The lowest BCUT2D eigenvalue weighted by atomic mass is 10.5. The third-order valence-corrected chi connectivity index (χ3v) is 0.697. The molecule has 0 unspecified atom stereocenters. The molecular formula is C9H12O4. The van der Waals surface area contributed by atoms with Gasteiger partial charge in [-0.05, 0) is 6.92 Å². The second-order valence-corrected chi connectivity index (χ2v) is 1.77. The maximum Gasteiger partial charge on any atom is 0.328 e. The molecule has 0 spiro atoms. The van der Waals surface area contributed by atoms with Crippen molar-refractivity contribution in [1.29, 1.82) is 0 Å². The summed E-state index contributed by atoms with van der Waals surface area (Å²) in [7, 11) is 0. The molecule has 0 saturated carbocycles. The van der Waals surface area contributed by atoms with E-state index >= 15 is 0 Å². The number of carboxylic acids is 2. The normalized spacial score (nSPS) is 9.31. The van der Waals surface area contributed by atoms with E-state index in [4.69, 9.17) is 10.2 Å². The first-order valence-corrected chi connectivity index (χ1v) is 3.42. The molecule has 0 fully saturated rings. The van der Waals surface area contributed by atoms with E-state index in [1.54, 1.807) is 6.08 Å². The Labute approximate surface area is 76.5 Å². The number of carbonyl (C=O) groups is 2. The van der Waals surface area contributed by atoms with E-state index < -0.39 is 11.9 Å². The summed E-state index contributed by atoms with van der Waals surface area (Å²) in [5, 5.41) is 15.6. The van der Waals surface area contributed by atoms with Gasteiger partial charge in [0.15, 0.2) is 0 Å². The highest BCUT2D eigenvalue weighted by Crippen LogP contribution is 1.70. The van der Waals surface area contributed by atoms with E-state index in [-0.39, 0.29) is 0 Å². The molecule has 72 valence electrons. The molecule has 4 nitrogen and oxygen atoms in total. The van der Waals surface area contributed by atoms with E-state index in [2.05, 4.69) is 6.58 Å². The number of aliphatic carboxylic acids is 2. The second-order valence-electron chi connectivity index (χ2n) is 1.77. The topological polar surface area (TPSA) is 74.6 Å². The van der Waals surface area contributed by atoms with Crippen LogP contribution in [-0.4, -0.2) is 22.2 Å². The van der Waals surface area contributed by atoms with Crippen molar-refractivity contribution in [3.63, 3.8) is 0 Å². The van der Waals surface area contributed by atoms with Gasteiger partial charge < -0.3 is 10.2 Å². The molecule has 0 amide bonds. The van der Waals surface area contributed by atoms with Gasteiger partial charge in [0.2, 0.25) is 0 Å². The molecule has 0 radical (unpaired) electrons. The molecule has 0 aromatic heterocycles. The predicted octanol–water partition coefficient (Wildman–Crippen LogP) is 1.46. The highest BCUT2D eigenvalue weighted by Gasteiger charge is 1.88. The summed E-state index contributed by atoms with van der Waals surface area (Å²) in [5.41, 5.74) is 0. The van der Waals surface area contributed by atoms with Gasteiger partial charge >= 0.3 is 11.9 Å². The Balaban J connectivity index is 0. The van der Waals surface area contributed by atoms with E-state index in [0.717, 1.165) is 0 Å². The Morgan fingerprint density at radius 3 is 1.62 bits per heavy atom. The van der Waals surface area contributed by atoms with Crippen molar-refractivity contribution < 1.29 is 19.8 Å². The molecule has 4 heteroatoms. The first-order chi connectivity index (χ1) is 6.04. The quantitative estimate of drug-likeness (QED) is 0.514. The highest BCUT2D eigenvalue weighted by atomic mass is 16.4. The molecule has 13 heavy (non-hydrogen) atoms. The van der Waals surface area contributed by atoms with Crippen LogP contribution in [0.3, 0.4) is 0 Å². The lowest BCUT2D eigenvalue weighted by Crippen LogP contribution is -1.91.